The first-order chi connectivity index (χ1) is 10.6. The molecule has 2 aromatic rings. The predicted molar refractivity (Wildman–Crippen MR) is 90.0 cm³/mol. The summed E-state index contributed by atoms with van der Waals surface area (Å²) >= 11 is 11.9. The molecule has 1 saturated carbocycles. The fourth-order valence-corrected chi connectivity index (χ4v) is 2.48. The lowest BCUT2D eigenvalue weighted by atomic mass is 9.85. The Hall–Kier alpha value is -1.78. The molecule has 22 heavy (non-hydrogen) atoms. The van der Waals surface area contributed by atoms with Gasteiger partial charge in [-0.15, -0.1) is 0 Å². The molecule has 1 aromatic carbocycles. The van der Waals surface area contributed by atoms with Gasteiger partial charge < -0.3 is 10.6 Å². The highest BCUT2D eigenvalue weighted by molar-refractivity contribution is 6.42. The van der Waals surface area contributed by atoms with Crippen LogP contribution in [0.2, 0.25) is 10.0 Å². The van der Waals surface area contributed by atoms with Crippen LogP contribution in [0.5, 0.6) is 0 Å². The molecule has 1 aliphatic rings. The molecule has 2 N–H and O–H groups in total. The molecular formula is C16H15Cl2N3O. The Bertz CT molecular complexity index is 684. The van der Waals surface area contributed by atoms with Crippen molar-refractivity contribution in [2.45, 2.75) is 19.3 Å². The van der Waals surface area contributed by atoms with Crippen LogP contribution < -0.4 is 10.6 Å². The highest BCUT2D eigenvalue weighted by Crippen LogP contribution is 2.28. The van der Waals surface area contributed by atoms with Crippen molar-refractivity contribution in [1.82, 2.24) is 4.98 Å². The average Bonchev–Trinajstić information content (AvgIpc) is 2.43. The molecule has 0 unspecified atom stereocenters. The van der Waals surface area contributed by atoms with Gasteiger partial charge in [-0.25, -0.2) is 4.98 Å². The van der Waals surface area contributed by atoms with Gasteiger partial charge in [-0.3, -0.25) is 4.79 Å². The molecular weight excluding hydrogens is 321 g/mol. The number of rotatable bonds is 4. The van der Waals surface area contributed by atoms with E-state index in [9.17, 15) is 4.79 Å². The minimum atomic E-state index is 0.0817. The van der Waals surface area contributed by atoms with Gasteiger partial charge in [-0.1, -0.05) is 29.6 Å². The number of amides is 1. The standard InChI is InChI=1S/C16H15Cl2N3O/c17-13-6-4-11(8-14(13)18)20-15-7-5-12(9-19-15)21-16(22)10-2-1-3-10/h4-10H,1-3H2,(H,19,20)(H,21,22). The van der Waals surface area contributed by atoms with E-state index in [4.69, 9.17) is 23.2 Å². The lowest BCUT2D eigenvalue weighted by Crippen LogP contribution is -2.28. The van der Waals surface area contributed by atoms with Crippen LogP contribution in [0.1, 0.15) is 19.3 Å². The van der Waals surface area contributed by atoms with Gasteiger partial charge >= 0.3 is 0 Å². The molecule has 0 aliphatic heterocycles. The molecule has 114 valence electrons. The number of nitrogens with one attached hydrogen (secondary N) is 2. The largest absolute Gasteiger partial charge is 0.340 e. The monoisotopic (exact) mass is 335 g/mol. The maximum atomic E-state index is 11.9. The summed E-state index contributed by atoms with van der Waals surface area (Å²) in [5.41, 5.74) is 1.50. The average molecular weight is 336 g/mol. The number of nitrogens with zero attached hydrogens (tertiary/aromatic N) is 1. The number of aromatic nitrogens is 1. The Kier molecular flexibility index (Phi) is 4.50. The van der Waals surface area contributed by atoms with Crippen LogP contribution in [0.25, 0.3) is 0 Å². The number of carbonyl (C=O) groups is 1. The zero-order valence-electron chi connectivity index (χ0n) is 11.8. The summed E-state index contributed by atoms with van der Waals surface area (Å²) in [5, 5.41) is 7.01. The van der Waals surface area contributed by atoms with Crippen molar-refractivity contribution in [3.05, 3.63) is 46.6 Å². The van der Waals surface area contributed by atoms with Crippen molar-refractivity contribution in [2.75, 3.05) is 10.6 Å². The first-order valence-corrected chi connectivity index (χ1v) is 7.86. The number of hydrogen-bond acceptors (Lipinski definition) is 3. The predicted octanol–water partition coefficient (Wildman–Crippen LogP) is 4.87. The van der Waals surface area contributed by atoms with E-state index >= 15 is 0 Å². The lowest BCUT2D eigenvalue weighted by Gasteiger charge is -2.23. The van der Waals surface area contributed by atoms with Crippen molar-refractivity contribution >= 4 is 46.3 Å². The van der Waals surface area contributed by atoms with Gasteiger partial charge in [0.1, 0.15) is 5.82 Å². The normalized spacial score (nSPS) is 14.3. The first-order valence-electron chi connectivity index (χ1n) is 7.11. The minimum Gasteiger partial charge on any atom is -0.340 e. The van der Waals surface area contributed by atoms with E-state index in [1.165, 1.54) is 0 Å². The second-order valence-corrected chi connectivity index (χ2v) is 6.12. The van der Waals surface area contributed by atoms with E-state index < -0.39 is 0 Å². The molecule has 4 nitrogen and oxygen atoms in total. The number of carbonyl (C=O) groups excluding carboxylic acids is 1. The van der Waals surface area contributed by atoms with E-state index in [-0.39, 0.29) is 11.8 Å². The Morgan fingerprint density at radius 2 is 1.86 bits per heavy atom. The third-order valence-electron chi connectivity index (χ3n) is 3.70. The molecule has 0 spiro atoms. The second-order valence-electron chi connectivity index (χ2n) is 5.30. The number of anilines is 3. The van der Waals surface area contributed by atoms with E-state index in [1.807, 2.05) is 12.1 Å². The van der Waals surface area contributed by atoms with Gasteiger partial charge in [-0.2, -0.15) is 0 Å². The van der Waals surface area contributed by atoms with Crippen molar-refractivity contribution in [3.63, 3.8) is 0 Å². The minimum absolute atomic E-state index is 0.0817. The van der Waals surface area contributed by atoms with Crippen molar-refractivity contribution in [3.8, 4) is 0 Å². The van der Waals surface area contributed by atoms with E-state index in [0.29, 0.717) is 21.6 Å². The van der Waals surface area contributed by atoms with Gasteiger partial charge in [0.05, 0.1) is 21.9 Å². The molecule has 6 heteroatoms. The van der Waals surface area contributed by atoms with Crippen LogP contribution in [0, 0.1) is 5.92 Å². The Morgan fingerprint density at radius 3 is 2.45 bits per heavy atom. The fourth-order valence-electron chi connectivity index (χ4n) is 2.18. The summed E-state index contributed by atoms with van der Waals surface area (Å²) in [6.07, 6.45) is 4.74. The summed E-state index contributed by atoms with van der Waals surface area (Å²) in [4.78, 5) is 16.1. The summed E-state index contributed by atoms with van der Waals surface area (Å²) in [6.45, 7) is 0. The number of pyridine rings is 1. The summed E-state index contributed by atoms with van der Waals surface area (Å²) in [6, 6.07) is 8.90. The quantitative estimate of drug-likeness (QED) is 0.837. The lowest BCUT2D eigenvalue weighted by molar-refractivity contribution is -0.122. The molecule has 3 rings (SSSR count). The molecule has 0 bridgehead atoms. The van der Waals surface area contributed by atoms with Gasteiger partial charge in [-0.05, 0) is 43.2 Å². The third kappa shape index (κ3) is 3.51. The van der Waals surface area contributed by atoms with E-state index in [1.54, 1.807) is 24.4 Å². The second kappa shape index (κ2) is 6.55. The zero-order valence-corrected chi connectivity index (χ0v) is 13.3. The van der Waals surface area contributed by atoms with Crippen LogP contribution in [0.3, 0.4) is 0 Å². The fraction of sp³-hybridized carbons (Fsp3) is 0.250. The van der Waals surface area contributed by atoms with Crippen LogP contribution >= 0.6 is 23.2 Å². The highest BCUT2D eigenvalue weighted by atomic mass is 35.5. The summed E-state index contributed by atoms with van der Waals surface area (Å²) in [7, 11) is 0. The summed E-state index contributed by atoms with van der Waals surface area (Å²) < 4.78 is 0. The van der Waals surface area contributed by atoms with Gasteiger partial charge in [0.25, 0.3) is 0 Å². The van der Waals surface area contributed by atoms with Crippen molar-refractivity contribution in [1.29, 1.82) is 0 Å². The first kappa shape index (κ1) is 15.1. The third-order valence-corrected chi connectivity index (χ3v) is 4.44. The maximum absolute atomic E-state index is 11.9. The van der Waals surface area contributed by atoms with Crippen LogP contribution in [-0.2, 0) is 4.79 Å². The molecule has 0 saturated heterocycles. The van der Waals surface area contributed by atoms with Crippen LogP contribution in [-0.4, -0.2) is 10.9 Å². The molecule has 0 radical (unpaired) electrons. The highest BCUT2D eigenvalue weighted by Gasteiger charge is 2.25. The van der Waals surface area contributed by atoms with Gasteiger partial charge in [0.15, 0.2) is 0 Å². The molecule has 1 amide bonds. The molecule has 1 aliphatic carbocycles. The van der Waals surface area contributed by atoms with Crippen molar-refractivity contribution < 1.29 is 4.79 Å². The van der Waals surface area contributed by atoms with Gasteiger partial charge in [0.2, 0.25) is 5.91 Å². The smallest absolute Gasteiger partial charge is 0.227 e. The zero-order chi connectivity index (χ0) is 15.5. The molecule has 1 fully saturated rings. The van der Waals surface area contributed by atoms with E-state index in [2.05, 4.69) is 15.6 Å². The Labute approximate surface area is 138 Å². The molecule has 1 aromatic heterocycles. The van der Waals surface area contributed by atoms with Crippen LogP contribution in [0.4, 0.5) is 17.2 Å². The number of benzene rings is 1. The maximum Gasteiger partial charge on any atom is 0.227 e. The Balaban J connectivity index is 1.63. The topological polar surface area (TPSA) is 54.0 Å². The van der Waals surface area contributed by atoms with Crippen LogP contribution in [0.15, 0.2) is 36.5 Å². The number of halogens is 2. The van der Waals surface area contributed by atoms with E-state index in [0.717, 1.165) is 24.9 Å². The molecule has 1 heterocycles. The summed E-state index contributed by atoms with van der Waals surface area (Å²) in [5.74, 6) is 0.910. The van der Waals surface area contributed by atoms with Crippen molar-refractivity contribution in [2.24, 2.45) is 5.92 Å². The number of hydrogen-bond donors (Lipinski definition) is 2. The SMILES string of the molecule is O=C(Nc1ccc(Nc2ccc(Cl)c(Cl)c2)nc1)C1CCC1. The molecule has 0 atom stereocenters. The van der Waals surface area contributed by atoms with Gasteiger partial charge in [0, 0.05) is 11.6 Å². The Morgan fingerprint density at radius 1 is 1.09 bits per heavy atom.